The maximum atomic E-state index is 14.3. The summed E-state index contributed by atoms with van der Waals surface area (Å²) in [6, 6.07) is 15.7. The van der Waals surface area contributed by atoms with Crippen LogP contribution in [0.1, 0.15) is 61.9 Å². The first-order chi connectivity index (χ1) is 21.5. The summed E-state index contributed by atoms with van der Waals surface area (Å²) in [4.78, 5) is 33.0. The molecule has 1 saturated carbocycles. The van der Waals surface area contributed by atoms with Gasteiger partial charge in [-0.2, -0.15) is 10.1 Å². The average Bonchev–Trinajstić information content (AvgIpc) is 3.72. The van der Waals surface area contributed by atoms with Crippen LogP contribution in [0.4, 0.5) is 0 Å². The quantitative estimate of drug-likeness (QED) is 0.213. The molecule has 1 fully saturated rings. The van der Waals surface area contributed by atoms with E-state index in [2.05, 4.69) is 33.7 Å². The monoisotopic (exact) mass is 596 g/mol. The SMILES string of the molecule is C=CC(O)CO[C@H]1CC[C@H](n2c(=O)c(Cc3ccc(-c4ccccc4-c4noc(=O)[nH]4)cc3)c(CCC)n3ncnc32)CC1. The van der Waals surface area contributed by atoms with E-state index in [0.29, 0.717) is 24.4 Å². The fourth-order valence-electron chi connectivity index (χ4n) is 6.14. The number of aliphatic hydroxyl groups is 1. The molecule has 2 N–H and O–H groups in total. The van der Waals surface area contributed by atoms with Gasteiger partial charge in [-0.25, -0.2) is 9.31 Å². The number of hydrogen-bond acceptors (Lipinski definition) is 8. The molecular formula is C33H36N6O5. The number of benzene rings is 2. The van der Waals surface area contributed by atoms with Gasteiger partial charge in [-0.15, -0.1) is 6.58 Å². The third-order valence-corrected chi connectivity index (χ3v) is 8.36. The summed E-state index contributed by atoms with van der Waals surface area (Å²) in [5.41, 5.74) is 5.20. The van der Waals surface area contributed by atoms with Gasteiger partial charge in [-0.05, 0) is 48.8 Å². The van der Waals surface area contributed by atoms with Crippen LogP contribution in [0.25, 0.3) is 28.3 Å². The molecule has 11 nitrogen and oxygen atoms in total. The third kappa shape index (κ3) is 5.93. The van der Waals surface area contributed by atoms with Crippen molar-refractivity contribution in [2.75, 3.05) is 6.61 Å². The number of H-pyrrole nitrogens is 1. The molecule has 2 aromatic carbocycles. The summed E-state index contributed by atoms with van der Waals surface area (Å²) in [5, 5.41) is 18.2. The average molecular weight is 597 g/mol. The van der Waals surface area contributed by atoms with E-state index in [9.17, 15) is 14.7 Å². The number of aromatic nitrogens is 6. The molecule has 0 bridgehead atoms. The molecule has 1 unspecified atom stereocenters. The van der Waals surface area contributed by atoms with Crippen molar-refractivity contribution < 1.29 is 14.4 Å². The Morgan fingerprint density at radius 2 is 1.86 bits per heavy atom. The number of aromatic amines is 1. The van der Waals surface area contributed by atoms with E-state index >= 15 is 0 Å². The second kappa shape index (κ2) is 12.9. The van der Waals surface area contributed by atoms with Gasteiger partial charge in [0, 0.05) is 23.6 Å². The summed E-state index contributed by atoms with van der Waals surface area (Å²) in [6.07, 6.45) is 7.51. The van der Waals surface area contributed by atoms with Crippen LogP contribution in [0.2, 0.25) is 0 Å². The Labute approximate surface area is 253 Å². The number of aliphatic hydroxyl groups excluding tert-OH is 1. The van der Waals surface area contributed by atoms with Crippen molar-refractivity contribution in [2.45, 2.75) is 70.1 Å². The molecule has 1 aliphatic carbocycles. The van der Waals surface area contributed by atoms with Gasteiger partial charge in [0.25, 0.3) is 5.56 Å². The van der Waals surface area contributed by atoms with Crippen LogP contribution >= 0.6 is 0 Å². The van der Waals surface area contributed by atoms with Gasteiger partial charge in [0.15, 0.2) is 5.82 Å². The van der Waals surface area contributed by atoms with Gasteiger partial charge in [-0.3, -0.25) is 18.9 Å². The highest BCUT2D eigenvalue weighted by Crippen LogP contribution is 2.32. The van der Waals surface area contributed by atoms with Crippen molar-refractivity contribution >= 4 is 5.78 Å². The van der Waals surface area contributed by atoms with E-state index in [1.54, 1.807) is 0 Å². The van der Waals surface area contributed by atoms with Gasteiger partial charge < -0.3 is 9.84 Å². The minimum absolute atomic E-state index is 0.0188. The highest BCUT2D eigenvalue weighted by atomic mass is 16.5. The largest absolute Gasteiger partial charge is 0.439 e. The second-order valence-corrected chi connectivity index (χ2v) is 11.3. The lowest BCUT2D eigenvalue weighted by molar-refractivity contribution is -0.0158. The minimum atomic E-state index is -0.678. The molecule has 0 saturated heterocycles. The van der Waals surface area contributed by atoms with Gasteiger partial charge in [0.2, 0.25) is 5.78 Å². The standard InChI is InChI=1S/C33H36N6O5/c1-3-7-29-28(18-21-10-12-22(13-11-21)26-8-5-6-9-27(26)30-36-33(42)44-37-30)31(41)38(32-34-20-35-39(29)32)23-14-16-25(17-15-23)43-19-24(40)4-2/h4-6,8-13,20,23-25,40H,2-3,7,14-19H2,1H3,(H,36,37,42)/t23-,24?,25-. The number of ether oxygens (including phenoxy) is 1. The second-order valence-electron chi connectivity index (χ2n) is 11.3. The lowest BCUT2D eigenvalue weighted by Crippen LogP contribution is -2.35. The predicted molar refractivity (Wildman–Crippen MR) is 165 cm³/mol. The number of nitrogens with one attached hydrogen (secondary N) is 1. The van der Waals surface area contributed by atoms with E-state index in [1.165, 1.54) is 12.4 Å². The maximum Gasteiger partial charge on any atom is 0.439 e. The highest BCUT2D eigenvalue weighted by molar-refractivity contribution is 5.80. The summed E-state index contributed by atoms with van der Waals surface area (Å²) >= 11 is 0. The molecule has 0 spiro atoms. The third-order valence-electron chi connectivity index (χ3n) is 8.36. The molecule has 44 heavy (non-hydrogen) atoms. The van der Waals surface area contributed by atoms with Crippen molar-refractivity contribution in [3.8, 4) is 22.5 Å². The van der Waals surface area contributed by atoms with Crippen LogP contribution in [-0.2, 0) is 17.6 Å². The van der Waals surface area contributed by atoms with Crippen molar-refractivity contribution in [2.24, 2.45) is 0 Å². The maximum absolute atomic E-state index is 14.3. The van der Waals surface area contributed by atoms with Crippen LogP contribution in [0.3, 0.4) is 0 Å². The Hall–Kier alpha value is -4.61. The number of hydrogen-bond donors (Lipinski definition) is 2. The number of aryl methyl sites for hydroxylation is 1. The summed E-state index contributed by atoms with van der Waals surface area (Å²) in [7, 11) is 0. The van der Waals surface area contributed by atoms with Crippen molar-refractivity contribution in [3.05, 3.63) is 105 Å². The topological polar surface area (TPSA) is 141 Å². The number of rotatable bonds is 11. The fourth-order valence-corrected chi connectivity index (χ4v) is 6.14. The molecular weight excluding hydrogens is 560 g/mol. The zero-order chi connectivity index (χ0) is 30.6. The molecule has 5 aromatic rings. The van der Waals surface area contributed by atoms with Crippen LogP contribution < -0.4 is 11.3 Å². The van der Waals surface area contributed by atoms with Gasteiger partial charge >= 0.3 is 5.76 Å². The molecule has 228 valence electrons. The minimum Gasteiger partial charge on any atom is -0.387 e. The van der Waals surface area contributed by atoms with Gasteiger partial charge in [0.1, 0.15) is 6.33 Å². The van der Waals surface area contributed by atoms with E-state index in [-0.39, 0.29) is 24.3 Å². The van der Waals surface area contributed by atoms with Crippen LogP contribution in [0, 0.1) is 0 Å². The van der Waals surface area contributed by atoms with Crippen molar-refractivity contribution in [3.63, 3.8) is 0 Å². The molecule has 0 amide bonds. The van der Waals surface area contributed by atoms with Gasteiger partial charge in [-0.1, -0.05) is 73.1 Å². The van der Waals surface area contributed by atoms with Crippen LogP contribution in [0.5, 0.6) is 0 Å². The van der Waals surface area contributed by atoms with E-state index in [4.69, 9.17) is 9.26 Å². The predicted octanol–water partition coefficient (Wildman–Crippen LogP) is 4.49. The molecule has 3 heterocycles. The molecule has 11 heteroatoms. The first-order valence-electron chi connectivity index (χ1n) is 15.1. The van der Waals surface area contributed by atoms with Crippen LogP contribution in [-0.4, -0.2) is 53.2 Å². The first kappa shape index (κ1) is 29.5. The number of fused-ring (bicyclic) bond motifs is 1. The first-order valence-corrected chi connectivity index (χ1v) is 15.1. The molecule has 0 radical (unpaired) electrons. The molecule has 1 aliphatic rings. The number of nitrogens with zero attached hydrogens (tertiary/aromatic N) is 5. The zero-order valence-corrected chi connectivity index (χ0v) is 24.7. The molecule has 1 atom stereocenters. The Bertz CT molecular complexity index is 1860. The molecule has 0 aliphatic heterocycles. The highest BCUT2D eigenvalue weighted by Gasteiger charge is 2.28. The zero-order valence-electron chi connectivity index (χ0n) is 24.7. The van der Waals surface area contributed by atoms with Crippen LogP contribution in [0.15, 0.2) is 81.6 Å². The summed E-state index contributed by atoms with van der Waals surface area (Å²) in [6.45, 7) is 5.93. The normalized spacial score (nSPS) is 17.6. The fraction of sp³-hybridized carbons (Fsp3) is 0.364. The molecule has 6 rings (SSSR count). The molecule has 3 aromatic heterocycles. The van der Waals surface area contributed by atoms with E-state index in [0.717, 1.165) is 65.6 Å². The van der Waals surface area contributed by atoms with Crippen molar-refractivity contribution in [1.29, 1.82) is 0 Å². The summed E-state index contributed by atoms with van der Waals surface area (Å²) < 4.78 is 14.3. The van der Waals surface area contributed by atoms with Crippen molar-refractivity contribution in [1.82, 2.24) is 29.3 Å². The summed E-state index contributed by atoms with van der Waals surface area (Å²) in [5.74, 6) is 0.342. The van der Waals surface area contributed by atoms with E-state index < -0.39 is 11.9 Å². The van der Waals surface area contributed by atoms with E-state index in [1.807, 2.05) is 57.6 Å². The lowest BCUT2D eigenvalue weighted by Gasteiger charge is -2.31. The lowest BCUT2D eigenvalue weighted by atomic mass is 9.92. The Morgan fingerprint density at radius 1 is 1.11 bits per heavy atom. The Kier molecular flexibility index (Phi) is 8.67. The Morgan fingerprint density at radius 3 is 2.55 bits per heavy atom. The smallest absolute Gasteiger partial charge is 0.387 e. The Balaban J connectivity index is 1.30. The van der Waals surface area contributed by atoms with Gasteiger partial charge in [0.05, 0.1) is 24.5 Å².